The van der Waals surface area contributed by atoms with Gasteiger partial charge < -0.3 is 14.5 Å². The number of aromatic nitrogens is 1. The van der Waals surface area contributed by atoms with Crippen LogP contribution in [0.1, 0.15) is 32.8 Å². The van der Waals surface area contributed by atoms with Crippen molar-refractivity contribution < 1.29 is 9.53 Å². The fourth-order valence-corrected chi connectivity index (χ4v) is 3.40. The second-order valence-corrected chi connectivity index (χ2v) is 7.24. The van der Waals surface area contributed by atoms with Crippen LogP contribution in [-0.2, 0) is 4.74 Å². The molecule has 0 saturated carbocycles. The minimum Gasteiger partial charge on any atom is -0.444 e. The normalized spacial score (nSPS) is 23.6. The minimum absolute atomic E-state index is 0.240. The molecule has 2 fully saturated rings. The summed E-state index contributed by atoms with van der Waals surface area (Å²) < 4.78 is 5.48. The van der Waals surface area contributed by atoms with E-state index in [1.54, 1.807) is 17.3 Å². The molecule has 3 rings (SSSR count). The number of fused-ring (bicyclic) bond motifs is 1. The van der Waals surface area contributed by atoms with Gasteiger partial charge in [0.2, 0.25) is 0 Å². The molecule has 6 heteroatoms. The summed E-state index contributed by atoms with van der Waals surface area (Å²) in [5.41, 5.74) is 1.05. The molecule has 1 aromatic heterocycles. The standard InChI is InChI=1S/C17H22N4O2/c1-17(2,3)23-16(22)20-10-13-4-5-21(15(13)11-20)14-6-12(7-18)8-19-9-14/h6,8-9,13,15H,4-5,10-11H2,1-3H3/t13-,15+/m0/s1. The van der Waals surface area contributed by atoms with Crippen molar-refractivity contribution in [3.63, 3.8) is 0 Å². The molecule has 1 aromatic rings. The average molecular weight is 314 g/mol. The molecule has 2 aliphatic heterocycles. The van der Waals surface area contributed by atoms with Crippen molar-refractivity contribution in [1.29, 1.82) is 5.26 Å². The van der Waals surface area contributed by atoms with Gasteiger partial charge in [0.1, 0.15) is 11.7 Å². The summed E-state index contributed by atoms with van der Waals surface area (Å²) in [5, 5.41) is 9.04. The maximum Gasteiger partial charge on any atom is 0.410 e. The van der Waals surface area contributed by atoms with E-state index in [1.807, 2.05) is 26.8 Å². The lowest BCUT2D eigenvalue weighted by Crippen LogP contribution is -2.39. The van der Waals surface area contributed by atoms with E-state index in [0.29, 0.717) is 18.0 Å². The zero-order valence-corrected chi connectivity index (χ0v) is 13.8. The van der Waals surface area contributed by atoms with Gasteiger partial charge >= 0.3 is 6.09 Å². The summed E-state index contributed by atoms with van der Waals surface area (Å²) >= 11 is 0. The summed E-state index contributed by atoms with van der Waals surface area (Å²) in [5.74, 6) is 0.452. The molecule has 1 amide bonds. The van der Waals surface area contributed by atoms with E-state index >= 15 is 0 Å². The first-order chi connectivity index (χ1) is 10.9. The first-order valence-electron chi connectivity index (χ1n) is 7.97. The lowest BCUT2D eigenvalue weighted by Gasteiger charge is -2.28. The lowest BCUT2D eigenvalue weighted by molar-refractivity contribution is 0.0284. The number of rotatable bonds is 1. The van der Waals surface area contributed by atoms with Crippen molar-refractivity contribution >= 4 is 11.8 Å². The third-order valence-electron chi connectivity index (χ3n) is 4.38. The van der Waals surface area contributed by atoms with Crippen LogP contribution >= 0.6 is 0 Å². The summed E-state index contributed by atoms with van der Waals surface area (Å²) in [6.45, 7) is 7.99. The van der Waals surface area contributed by atoms with E-state index in [0.717, 1.165) is 25.2 Å². The first kappa shape index (κ1) is 15.6. The number of carbonyl (C=O) groups is 1. The molecular formula is C17H22N4O2. The predicted octanol–water partition coefficient (Wildman–Crippen LogP) is 2.40. The van der Waals surface area contributed by atoms with Crippen molar-refractivity contribution in [3.05, 3.63) is 24.0 Å². The number of anilines is 1. The average Bonchev–Trinajstić information content (AvgIpc) is 3.05. The number of amides is 1. The van der Waals surface area contributed by atoms with E-state index in [1.165, 1.54) is 0 Å². The van der Waals surface area contributed by atoms with E-state index < -0.39 is 5.60 Å². The number of nitriles is 1. The maximum absolute atomic E-state index is 12.3. The number of carbonyl (C=O) groups excluding carboxylic acids is 1. The highest BCUT2D eigenvalue weighted by molar-refractivity contribution is 5.69. The number of nitrogens with zero attached hydrogens (tertiary/aromatic N) is 4. The summed E-state index contributed by atoms with van der Waals surface area (Å²) in [4.78, 5) is 20.5. The fraction of sp³-hybridized carbons (Fsp3) is 0.588. The number of ether oxygens (including phenoxy) is 1. The number of hydrogen-bond acceptors (Lipinski definition) is 5. The number of likely N-dealkylation sites (tertiary alicyclic amines) is 1. The Hall–Kier alpha value is -2.29. The molecule has 0 bridgehead atoms. The molecule has 0 spiro atoms. The molecule has 122 valence electrons. The van der Waals surface area contributed by atoms with Crippen molar-refractivity contribution in [2.45, 2.75) is 38.8 Å². The van der Waals surface area contributed by atoms with Gasteiger partial charge in [-0.3, -0.25) is 4.98 Å². The maximum atomic E-state index is 12.3. The molecule has 0 aliphatic carbocycles. The van der Waals surface area contributed by atoms with E-state index in [4.69, 9.17) is 10.00 Å². The van der Waals surface area contributed by atoms with Gasteiger partial charge in [-0.25, -0.2) is 4.79 Å². The van der Waals surface area contributed by atoms with Gasteiger partial charge in [0.05, 0.1) is 23.5 Å². The van der Waals surface area contributed by atoms with E-state index in [2.05, 4.69) is 16.0 Å². The van der Waals surface area contributed by atoms with Gasteiger partial charge in [0, 0.05) is 31.7 Å². The molecule has 3 heterocycles. The Morgan fingerprint density at radius 3 is 2.87 bits per heavy atom. The highest BCUT2D eigenvalue weighted by Crippen LogP contribution is 2.35. The Morgan fingerprint density at radius 1 is 1.39 bits per heavy atom. The van der Waals surface area contributed by atoms with Crippen LogP contribution in [0.5, 0.6) is 0 Å². The second kappa shape index (κ2) is 5.73. The highest BCUT2D eigenvalue weighted by atomic mass is 16.6. The summed E-state index contributed by atoms with van der Waals surface area (Å²) in [6, 6.07) is 4.27. The fourth-order valence-electron chi connectivity index (χ4n) is 3.40. The second-order valence-electron chi connectivity index (χ2n) is 7.24. The Morgan fingerprint density at radius 2 is 2.17 bits per heavy atom. The molecule has 0 aromatic carbocycles. The smallest absolute Gasteiger partial charge is 0.410 e. The monoisotopic (exact) mass is 314 g/mol. The molecule has 0 N–H and O–H groups in total. The van der Waals surface area contributed by atoms with Crippen LogP contribution < -0.4 is 4.90 Å². The van der Waals surface area contributed by atoms with Crippen LogP contribution in [0.2, 0.25) is 0 Å². The van der Waals surface area contributed by atoms with Gasteiger partial charge in [0.15, 0.2) is 0 Å². The van der Waals surface area contributed by atoms with Gasteiger partial charge in [-0.1, -0.05) is 0 Å². The zero-order chi connectivity index (χ0) is 16.6. The Balaban J connectivity index is 1.72. The van der Waals surface area contributed by atoms with Crippen LogP contribution in [0.4, 0.5) is 10.5 Å². The predicted molar refractivity (Wildman–Crippen MR) is 86.0 cm³/mol. The van der Waals surface area contributed by atoms with E-state index in [-0.39, 0.29) is 12.1 Å². The van der Waals surface area contributed by atoms with Crippen LogP contribution in [-0.4, -0.2) is 47.3 Å². The molecule has 2 atom stereocenters. The lowest BCUT2D eigenvalue weighted by atomic mass is 10.1. The number of hydrogen-bond donors (Lipinski definition) is 0. The quantitative estimate of drug-likeness (QED) is 0.796. The topological polar surface area (TPSA) is 69.5 Å². The Kier molecular flexibility index (Phi) is 3.88. The van der Waals surface area contributed by atoms with Gasteiger partial charge in [-0.15, -0.1) is 0 Å². The van der Waals surface area contributed by atoms with Crippen molar-refractivity contribution in [2.75, 3.05) is 24.5 Å². The first-order valence-corrected chi connectivity index (χ1v) is 7.97. The Bertz CT molecular complexity index is 647. The number of pyridine rings is 1. The molecule has 0 radical (unpaired) electrons. The third kappa shape index (κ3) is 3.24. The van der Waals surface area contributed by atoms with Crippen molar-refractivity contribution in [3.8, 4) is 6.07 Å². The van der Waals surface area contributed by atoms with Gasteiger partial charge in [-0.05, 0) is 33.3 Å². The minimum atomic E-state index is -0.473. The van der Waals surface area contributed by atoms with Gasteiger partial charge in [0.25, 0.3) is 0 Å². The van der Waals surface area contributed by atoms with Gasteiger partial charge in [-0.2, -0.15) is 5.26 Å². The van der Waals surface area contributed by atoms with Crippen molar-refractivity contribution in [2.24, 2.45) is 5.92 Å². The molecule has 0 unspecified atom stereocenters. The summed E-state index contributed by atoms with van der Waals surface area (Å²) in [7, 11) is 0. The largest absolute Gasteiger partial charge is 0.444 e. The van der Waals surface area contributed by atoms with E-state index in [9.17, 15) is 4.79 Å². The summed E-state index contributed by atoms with van der Waals surface area (Å²) in [6.07, 6.45) is 4.16. The Labute approximate surface area is 136 Å². The zero-order valence-electron chi connectivity index (χ0n) is 13.8. The van der Waals surface area contributed by atoms with Crippen LogP contribution in [0.25, 0.3) is 0 Å². The third-order valence-corrected chi connectivity index (χ3v) is 4.38. The molecular weight excluding hydrogens is 292 g/mol. The van der Waals surface area contributed by atoms with Crippen molar-refractivity contribution in [1.82, 2.24) is 9.88 Å². The van der Waals surface area contributed by atoms with Crippen LogP contribution in [0.3, 0.4) is 0 Å². The van der Waals surface area contributed by atoms with Crippen LogP contribution in [0, 0.1) is 17.2 Å². The molecule has 2 aliphatic rings. The molecule has 2 saturated heterocycles. The highest BCUT2D eigenvalue weighted by Gasteiger charge is 2.44. The van der Waals surface area contributed by atoms with Crippen LogP contribution in [0.15, 0.2) is 18.5 Å². The molecule has 23 heavy (non-hydrogen) atoms. The molecule has 6 nitrogen and oxygen atoms in total. The SMILES string of the molecule is CC(C)(C)OC(=O)N1C[C@@H]2CCN(c3cncc(C#N)c3)[C@@H]2C1.